The number of ether oxygens (including phenoxy) is 1. The summed E-state index contributed by atoms with van der Waals surface area (Å²) in [6.07, 6.45) is 0. The minimum atomic E-state index is -0.181. The van der Waals surface area contributed by atoms with E-state index in [2.05, 4.69) is 29.4 Å². The minimum absolute atomic E-state index is 0.181. The van der Waals surface area contributed by atoms with Crippen LogP contribution in [-0.4, -0.2) is 22.7 Å². The van der Waals surface area contributed by atoms with Gasteiger partial charge in [0.05, 0.1) is 6.61 Å². The molecular formula is C16H21N3O2. The highest BCUT2D eigenvalue weighted by atomic mass is 16.5. The van der Waals surface area contributed by atoms with E-state index < -0.39 is 0 Å². The van der Waals surface area contributed by atoms with Gasteiger partial charge >= 0.3 is 0 Å². The van der Waals surface area contributed by atoms with Crippen molar-refractivity contribution in [3.05, 3.63) is 41.1 Å². The van der Waals surface area contributed by atoms with Gasteiger partial charge < -0.3 is 10.1 Å². The molecule has 1 amide bonds. The van der Waals surface area contributed by atoms with E-state index in [0.717, 1.165) is 17.0 Å². The predicted molar refractivity (Wildman–Crippen MR) is 82.8 cm³/mol. The molecule has 1 aromatic carbocycles. The van der Waals surface area contributed by atoms with Crippen LogP contribution in [0.2, 0.25) is 0 Å². The summed E-state index contributed by atoms with van der Waals surface area (Å²) in [4.78, 5) is 12.1. The lowest BCUT2D eigenvalue weighted by atomic mass is 10.2. The van der Waals surface area contributed by atoms with Crippen LogP contribution in [0.1, 0.15) is 35.5 Å². The van der Waals surface area contributed by atoms with E-state index in [-0.39, 0.29) is 5.91 Å². The Kier molecular flexibility index (Phi) is 4.62. The van der Waals surface area contributed by atoms with Gasteiger partial charge in [-0.1, -0.05) is 13.8 Å². The zero-order chi connectivity index (χ0) is 15.4. The van der Waals surface area contributed by atoms with Gasteiger partial charge in [-0.05, 0) is 44.0 Å². The highest BCUT2D eigenvalue weighted by Gasteiger charge is 2.11. The van der Waals surface area contributed by atoms with E-state index in [1.807, 2.05) is 13.8 Å². The standard InChI is InChI=1S/C16H21N3O2/c1-10(2)9-21-14-7-5-13(6-8-14)16(20)17-15-11(3)12(4)18-19-15/h5-8,10H,9H2,1-4H3,(H2,17,18,19,20). The number of hydrogen-bond acceptors (Lipinski definition) is 3. The predicted octanol–water partition coefficient (Wildman–Crippen LogP) is 3.31. The maximum absolute atomic E-state index is 12.1. The van der Waals surface area contributed by atoms with Gasteiger partial charge in [0.15, 0.2) is 5.82 Å². The van der Waals surface area contributed by atoms with Gasteiger partial charge in [0, 0.05) is 16.8 Å². The molecule has 21 heavy (non-hydrogen) atoms. The number of aromatic nitrogens is 2. The number of anilines is 1. The monoisotopic (exact) mass is 287 g/mol. The van der Waals surface area contributed by atoms with E-state index in [4.69, 9.17) is 4.74 Å². The third kappa shape index (κ3) is 3.84. The molecule has 0 atom stereocenters. The lowest BCUT2D eigenvalue weighted by Crippen LogP contribution is -2.13. The van der Waals surface area contributed by atoms with Crippen LogP contribution < -0.4 is 10.1 Å². The third-order valence-corrected chi connectivity index (χ3v) is 3.18. The number of carbonyl (C=O) groups excluding carboxylic acids is 1. The number of carbonyl (C=O) groups is 1. The molecule has 0 radical (unpaired) electrons. The van der Waals surface area contributed by atoms with Crippen molar-refractivity contribution in [2.24, 2.45) is 5.92 Å². The molecule has 2 rings (SSSR count). The summed E-state index contributed by atoms with van der Waals surface area (Å²) in [5, 5.41) is 9.71. The fourth-order valence-corrected chi connectivity index (χ4v) is 1.75. The fraction of sp³-hybridized carbons (Fsp3) is 0.375. The number of aromatic amines is 1. The van der Waals surface area contributed by atoms with Crippen LogP contribution in [0, 0.1) is 19.8 Å². The lowest BCUT2D eigenvalue weighted by Gasteiger charge is -2.09. The van der Waals surface area contributed by atoms with Crippen molar-refractivity contribution in [2.45, 2.75) is 27.7 Å². The summed E-state index contributed by atoms with van der Waals surface area (Å²) in [5.74, 6) is 1.63. The first kappa shape index (κ1) is 15.1. The largest absolute Gasteiger partial charge is 0.493 e. The molecule has 0 fully saturated rings. The Hall–Kier alpha value is -2.30. The van der Waals surface area contributed by atoms with Gasteiger partial charge in [-0.15, -0.1) is 0 Å². The Morgan fingerprint density at radius 3 is 2.48 bits per heavy atom. The number of H-pyrrole nitrogens is 1. The average molecular weight is 287 g/mol. The van der Waals surface area contributed by atoms with Crippen LogP contribution in [0.3, 0.4) is 0 Å². The Morgan fingerprint density at radius 2 is 1.95 bits per heavy atom. The average Bonchev–Trinajstić information content (AvgIpc) is 2.77. The molecule has 0 saturated heterocycles. The number of rotatable bonds is 5. The van der Waals surface area contributed by atoms with Crippen molar-refractivity contribution in [3.8, 4) is 5.75 Å². The SMILES string of the molecule is Cc1[nH]nc(NC(=O)c2ccc(OCC(C)C)cc2)c1C. The molecule has 1 aromatic heterocycles. The van der Waals surface area contributed by atoms with Crippen molar-refractivity contribution in [3.63, 3.8) is 0 Å². The van der Waals surface area contributed by atoms with Crippen LogP contribution in [0.4, 0.5) is 5.82 Å². The molecule has 1 heterocycles. The molecule has 112 valence electrons. The van der Waals surface area contributed by atoms with Crippen LogP contribution in [0.5, 0.6) is 5.75 Å². The number of amides is 1. The molecule has 0 aliphatic carbocycles. The molecule has 0 unspecified atom stereocenters. The molecule has 5 nitrogen and oxygen atoms in total. The van der Waals surface area contributed by atoms with E-state index in [1.54, 1.807) is 24.3 Å². The van der Waals surface area contributed by atoms with Crippen LogP contribution in [0.25, 0.3) is 0 Å². The molecule has 0 aliphatic rings. The topological polar surface area (TPSA) is 67.0 Å². The molecular weight excluding hydrogens is 266 g/mol. The van der Waals surface area contributed by atoms with Crippen LogP contribution in [-0.2, 0) is 0 Å². The zero-order valence-electron chi connectivity index (χ0n) is 12.9. The van der Waals surface area contributed by atoms with Crippen molar-refractivity contribution in [2.75, 3.05) is 11.9 Å². The highest BCUT2D eigenvalue weighted by Crippen LogP contribution is 2.17. The fourth-order valence-electron chi connectivity index (χ4n) is 1.75. The highest BCUT2D eigenvalue weighted by molar-refractivity contribution is 6.04. The maximum Gasteiger partial charge on any atom is 0.256 e. The molecule has 2 aromatic rings. The van der Waals surface area contributed by atoms with E-state index in [0.29, 0.717) is 23.9 Å². The van der Waals surface area contributed by atoms with Crippen LogP contribution in [0.15, 0.2) is 24.3 Å². The molecule has 0 bridgehead atoms. The lowest BCUT2D eigenvalue weighted by molar-refractivity contribution is 0.102. The number of aryl methyl sites for hydroxylation is 1. The number of nitrogens with one attached hydrogen (secondary N) is 2. The second kappa shape index (κ2) is 6.43. The summed E-state index contributed by atoms with van der Waals surface area (Å²) < 4.78 is 5.59. The van der Waals surface area contributed by atoms with E-state index in [1.165, 1.54) is 0 Å². The summed E-state index contributed by atoms with van der Waals surface area (Å²) >= 11 is 0. The molecule has 5 heteroatoms. The Morgan fingerprint density at radius 1 is 1.29 bits per heavy atom. The number of hydrogen-bond donors (Lipinski definition) is 2. The summed E-state index contributed by atoms with van der Waals surface area (Å²) in [6.45, 7) is 8.68. The molecule has 0 aliphatic heterocycles. The van der Waals surface area contributed by atoms with Crippen molar-refractivity contribution < 1.29 is 9.53 Å². The van der Waals surface area contributed by atoms with Crippen LogP contribution >= 0.6 is 0 Å². The smallest absolute Gasteiger partial charge is 0.256 e. The number of nitrogens with zero attached hydrogens (tertiary/aromatic N) is 1. The summed E-state index contributed by atoms with van der Waals surface area (Å²) in [5.41, 5.74) is 2.47. The molecule has 0 saturated carbocycles. The number of benzene rings is 1. The second-order valence-electron chi connectivity index (χ2n) is 5.51. The van der Waals surface area contributed by atoms with E-state index >= 15 is 0 Å². The first-order chi connectivity index (χ1) is 9.97. The second-order valence-corrected chi connectivity index (χ2v) is 5.51. The first-order valence-corrected chi connectivity index (χ1v) is 7.03. The van der Waals surface area contributed by atoms with Crippen molar-refractivity contribution in [1.29, 1.82) is 0 Å². The normalized spacial score (nSPS) is 10.7. The van der Waals surface area contributed by atoms with Gasteiger partial charge in [-0.3, -0.25) is 9.89 Å². The van der Waals surface area contributed by atoms with Gasteiger partial charge in [0.25, 0.3) is 5.91 Å². The minimum Gasteiger partial charge on any atom is -0.493 e. The summed E-state index contributed by atoms with van der Waals surface area (Å²) in [6, 6.07) is 7.11. The van der Waals surface area contributed by atoms with Crippen molar-refractivity contribution in [1.82, 2.24) is 10.2 Å². The van der Waals surface area contributed by atoms with Gasteiger partial charge in [-0.2, -0.15) is 5.10 Å². The Bertz CT molecular complexity index is 615. The Labute approximate surface area is 124 Å². The van der Waals surface area contributed by atoms with Crippen molar-refractivity contribution >= 4 is 11.7 Å². The van der Waals surface area contributed by atoms with Gasteiger partial charge in [0.1, 0.15) is 5.75 Å². The van der Waals surface area contributed by atoms with Gasteiger partial charge in [0.2, 0.25) is 0 Å². The molecule has 0 spiro atoms. The first-order valence-electron chi connectivity index (χ1n) is 7.03. The zero-order valence-corrected chi connectivity index (χ0v) is 12.9. The molecule has 2 N–H and O–H groups in total. The Balaban J connectivity index is 2.01. The summed E-state index contributed by atoms with van der Waals surface area (Å²) in [7, 11) is 0. The third-order valence-electron chi connectivity index (χ3n) is 3.18. The quantitative estimate of drug-likeness (QED) is 0.886. The maximum atomic E-state index is 12.1. The van der Waals surface area contributed by atoms with E-state index in [9.17, 15) is 4.79 Å². The van der Waals surface area contributed by atoms with Gasteiger partial charge in [-0.25, -0.2) is 0 Å².